The number of rotatable bonds is 3. The first-order valence-corrected chi connectivity index (χ1v) is 13.8. The number of nitrogens with zero attached hydrogens (tertiary/aromatic N) is 2. The minimum absolute atomic E-state index is 0.0265. The molecule has 1 aromatic carbocycles. The van der Waals surface area contributed by atoms with Crippen molar-refractivity contribution in [3.8, 4) is 0 Å². The van der Waals surface area contributed by atoms with E-state index in [9.17, 15) is 27.9 Å². The highest BCUT2D eigenvalue weighted by molar-refractivity contribution is 6.62. The van der Waals surface area contributed by atoms with E-state index in [1.807, 2.05) is 39.8 Å². The van der Waals surface area contributed by atoms with Crippen LogP contribution in [0, 0.1) is 0 Å². The zero-order chi connectivity index (χ0) is 30.8. The number of aliphatic hydroxyl groups is 1. The second-order valence-corrected chi connectivity index (χ2v) is 13.1. The third-order valence-electron chi connectivity index (χ3n) is 8.30. The number of ether oxygens (including phenoxy) is 2. The average Bonchev–Trinajstić information content (AvgIpc) is 3.07. The van der Waals surface area contributed by atoms with Gasteiger partial charge in [0.25, 0.3) is 5.91 Å². The molecule has 9 nitrogen and oxygen atoms in total. The van der Waals surface area contributed by atoms with Gasteiger partial charge in [-0.05, 0) is 84.0 Å². The van der Waals surface area contributed by atoms with Crippen LogP contribution < -0.4 is 5.46 Å². The molecule has 2 fully saturated rings. The van der Waals surface area contributed by atoms with Gasteiger partial charge in [-0.2, -0.15) is 13.2 Å². The lowest BCUT2D eigenvalue weighted by Gasteiger charge is -2.40. The predicted octanol–water partition coefficient (Wildman–Crippen LogP) is 3.49. The lowest BCUT2D eigenvalue weighted by atomic mass is 9.74. The van der Waals surface area contributed by atoms with Crippen molar-refractivity contribution in [2.45, 2.75) is 103 Å². The molecule has 0 aromatic heterocycles. The lowest BCUT2D eigenvalue weighted by Crippen LogP contribution is -2.57. The Hall–Kier alpha value is -2.35. The molecule has 3 aliphatic heterocycles. The van der Waals surface area contributed by atoms with Gasteiger partial charge in [-0.1, -0.05) is 12.1 Å². The van der Waals surface area contributed by atoms with Gasteiger partial charge in [0.15, 0.2) is 0 Å². The van der Waals surface area contributed by atoms with Gasteiger partial charge >= 0.3 is 19.4 Å². The molecule has 0 radical (unpaired) electrons. The fraction of sp³-hybridized carbons (Fsp3) is 0.714. The molecule has 3 heterocycles. The van der Waals surface area contributed by atoms with Crippen molar-refractivity contribution in [2.24, 2.45) is 0 Å². The lowest BCUT2D eigenvalue weighted by molar-refractivity contribution is -0.250. The van der Waals surface area contributed by atoms with Gasteiger partial charge < -0.3 is 28.8 Å². The van der Waals surface area contributed by atoms with Gasteiger partial charge in [0.05, 0.1) is 30.5 Å². The van der Waals surface area contributed by atoms with Crippen LogP contribution in [-0.4, -0.2) is 88.9 Å². The van der Waals surface area contributed by atoms with Gasteiger partial charge in [-0.25, -0.2) is 4.79 Å². The minimum Gasteiger partial charge on any atom is -0.444 e. The largest absolute Gasteiger partial charge is 0.494 e. The van der Waals surface area contributed by atoms with Crippen LogP contribution in [0.3, 0.4) is 0 Å². The second-order valence-electron chi connectivity index (χ2n) is 13.1. The maximum absolute atomic E-state index is 13.5. The average molecular weight is 584 g/mol. The van der Waals surface area contributed by atoms with Gasteiger partial charge in [0, 0.05) is 19.6 Å². The smallest absolute Gasteiger partial charge is 0.444 e. The van der Waals surface area contributed by atoms with E-state index in [4.69, 9.17) is 18.8 Å². The van der Waals surface area contributed by atoms with Crippen molar-refractivity contribution >= 4 is 24.6 Å². The molecular formula is C28H40BF3N2O7. The molecule has 2 amide bonds. The van der Waals surface area contributed by atoms with Crippen LogP contribution >= 0.6 is 0 Å². The molecule has 0 saturated carbocycles. The number of amides is 2. The molecule has 13 heteroatoms. The molecule has 4 rings (SSSR count). The summed E-state index contributed by atoms with van der Waals surface area (Å²) >= 11 is 0. The summed E-state index contributed by atoms with van der Waals surface area (Å²) in [6, 6.07) is 3.05. The van der Waals surface area contributed by atoms with Gasteiger partial charge in [0.1, 0.15) is 5.60 Å². The van der Waals surface area contributed by atoms with E-state index in [0.29, 0.717) is 23.5 Å². The first-order valence-electron chi connectivity index (χ1n) is 13.8. The standard InChI is InChI=1S/C28H40BF3N2O7/c1-24(2,3)39-23(36)34-11-12-38-16-21(34)19-14-18(29-40-25(4,5)26(6,7)41-29)13-17-9-10-33(15-20(17)19)22(35)27(8,37)28(30,31)32/h13-14,21,37H,9-12,15-16H2,1-8H3/t21-,27-/m0/s1. The molecule has 2 saturated heterocycles. The summed E-state index contributed by atoms with van der Waals surface area (Å²) in [5.74, 6) is -1.43. The molecule has 3 aliphatic rings. The number of carbonyl (C=O) groups excluding carboxylic acids is 2. The molecule has 0 spiro atoms. The first kappa shape index (κ1) is 31.6. The van der Waals surface area contributed by atoms with E-state index >= 15 is 0 Å². The molecule has 0 bridgehead atoms. The van der Waals surface area contributed by atoms with Crippen LogP contribution in [0.2, 0.25) is 0 Å². The maximum atomic E-state index is 13.5. The van der Waals surface area contributed by atoms with E-state index in [1.54, 1.807) is 25.7 Å². The zero-order valence-corrected chi connectivity index (χ0v) is 25.0. The number of carbonyl (C=O) groups is 2. The summed E-state index contributed by atoms with van der Waals surface area (Å²) in [7, 11) is -0.728. The van der Waals surface area contributed by atoms with Gasteiger partial charge in [0.2, 0.25) is 5.60 Å². The molecule has 228 valence electrons. The van der Waals surface area contributed by atoms with E-state index < -0.39 is 53.7 Å². The van der Waals surface area contributed by atoms with Crippen molar-refractivity contribution in [3.05, 3.63) is 28.8 Å². The number of fused-ring (bicyclic) bond motifs is 1. The molecule has 0 aliphatic carbocycles. The van der Waals surface area contributed by atoms with E-state index in [1.165, 1.54) is 0 Å². The molecule has 2 atom stereocenters. The van der Waals surface area contributed by atoms with Crippen LogP contribution in [0.4, 0.5) is 18.0 Å². The molecule has 1 aromatic rings. The van der Waals surface area contributed by atoms with Crippen LogP contribution in [0.25, 0.3) is 0 Å². The fourth-order valence-corrected chi connectivity index (χ4v) is 5.14. The highest BCUT2D eigenvalue weighted by atomic mass is 19.4. The van der Waals surface area contributed by atoms with Crippen molar-refractivity contribution < 1.29 is 46.6 Å². The Morgan fingerprint density at radius 2 is 1.66 bits per heavy atom. The molecule has 1 N–H and O–H groups in total. The summed E-state index contributed by atoms with van der Waals surface area (Å²) in [4.78, 5) is 28.7. The number of hydrogen-bond donors (Lipinski definition) is 1. The maximum Gasteiger partial charge on any atom is 0.494 e. The van der Waals surface area contributed by atoms with Gasteiger partial charge in [-0.3, -0.25) is 9.69 Å². The third-order valence-corrected chi connectivity index (χ3v) is 8.30. The predicted molar refractivity (Wildman–Crippen MR) is 144 cm³/mol. The van der Waals surface area contributed by atoms with Gasteiger partial charge in [-0.15, -0.1) is 0 Å². The van der Waals surface area contributed by atoms with E-state index in [2.05, 4.69) is 0 Å². The molecular weight excluding hydrogens is 544 g/mol. The van der Waals surface area contributed by atoms with Crippen molar-refractivity contribution in [1.29, 1.82) is 0 Å². The van der Waals surface area contributed by atoms with E-state index in [0.717, 1.165) is 10.5 Å². The normalized spacial score (nSPS) is 24.1. The van der Waals surface area contributed by atoms with Crippen LogP contribution in [0.1, 0.15) is 78.1 Å². The highest BCUT2D eigenvalue weighted by Crippen LogP contribution is 2.39. The van der Waals surface area contributed by atoms with Crippen molar-refractivity contribution in [2.75, 3.05) is 26.3 Å². The Morgan fingerprint density at radius 3 is 2.22 bits per heavy atom. The molecule has 0 unspecified atom stereocenters. The summed E-state index contributed by atoms with van der Waals surface area (Å²) in [5.41, 5.74) is -2.85. The summed E-state index contributed by atoms with van der Waals surface area (Å²) in [5, 5.41) is 10.1. The summed E-state index contributed by atoms with van der Waals surface area (Å²) < 4.78 is 64.6. The number of halogens is 3. The van der Waals surface area contributed by atoms with Crippen LogP contribution in [0.5, 0.6) is 0 Å². The minimum atomic E-state index is -5.14. The Balaban J connectivity index is 1.79. The van der Waals surface area contributed by atoms with Crippen LogP contribution in [-0.2, 0) is 36.5 Å². The fourth-order valence-electron chi connectivity index (χ4n) is 5.14. The summed E-state index contributed by atoms with van der Waals surface area (Å²) in [6.07, 6.45) is -5.46. The monoisotopic (exact) mass is 584 g/mol. The highest BCUT2D eigenvalue weighted by Gasteiger charge is 2.57. The Labute approximate surface area is 239 Å². The topological polar surface area (TPSA) is 97.8 Å². The number of morpholine rings is 1. The Kier molecular flexibility index (Phi) is 8.03. The van der Waals surface area contributed by atoms with Crippen LogP contribution in [0.15, 0.2) is 12.1 Å². The first-order chi connectivity index (χ1) is 18.6. The number of hydrogen-bond acceptors (Lipinski definition) is 7. The van der Waals surface area contributed by atoms with Crippen molar-refractivity contribution in [1.82, 2.24) is 9.80 Å². The van der Waals surface area contributed by atoms with Crippen molar-refractivity contribution in [3.63, 3.8) is 0 Å². The molecule has 41 heavy (non-hydrogen) atoms. The zero-order valence-electron chi connectivity index (χ0n) is 25.0. The third kappa shape index (κ3) is 6.09. The SMILES string of the molecule is CC(C)(C)OC(=O)N1CCOC[C@H]1c1cc(B2OC(C)(C)C(C)(C)O2)cc2c1CN(C(=O)[C@](C)(O)C(F)(F)F)CC2. The number of alkyl halides is 3. The second kappa shape index (κ2) is 10.4. The Morgan fingerprint density at radius 1 is 1.05 bits per heavy atom. The summed E-state index contributed by atoms with van der Waals surface area (Å²) in [6.45, 7) is 13.9. The number of benzene rings is 1. The Bertz CT molecular complexity index is 1180. The van der Waals surface area contributed by atoms with E-state index in [-0.39, 0.29) is 39.3 Å². The quantitative estimate of drug-likeness (QED) is 0.544.